The molecule has 0 radical (unpaired) electrons. The van der Waals surface area contributed by atoms with Gasteiger partial charge in [0.2, 0.25) is 0 Å². The highest BCUT2D eigenvalue weighted by Gasteiger charge is 2.26. The van der Waals surface area contributed by atoms with E-state index in [1.165, 1.54) is 21.1 Å². The molecule has 0 heterocycles. The number of phenols is 1. The second-order valence-corrected chi connectivity index (χ2v) is 6.47. The van der Waals surface area contributed by atoms with Gasteiger partial charge in [-0.3, -0.25) is 4.79 Å². The van der Waals surface area contributed by atoms with Crippen molar-refractivity contribution in [1.82, 2.24) is 0 Å². The van der Waals surface area contributed by atoms with Crippen LogP contribution in [0.15, 0.2) is 6.07 Å². The molecule has 0 unspecified atom stereocenters. The number of rotatable bonds is 8. The molecule has 0 amide bonds. The molecule has 23 heavy (non-hydrogen) atoms. The van der Waals surface area contributed by atoms with Crippen molar-refractivity contribution in [3.05, 3.63) is 17.2 Å². The maximum absolute atomic E-state index is 11.9. The molecular weight excluding hydrogens is 300 g/mol. The molecule has 6 heteroatoms. The maximum atomic E-state index is 11.9. The summed E-state index contributed by atoms with van der Waals surface area (Å²) in [5.74, 6) is 0.241. The van der Waals surface area contributed by atoms with Crippen molar-refractivity contribution in [2.45, 2.75) is 34.1 Å². The van der Waals surface area contributed by atoms with Crippen LogP contribution in [0.2, 0.25) is 0 Å². The lowest BCUT2D eigenvalue weighted by Gasteiger charge is -2.23. The molecule has 1 aromatic carbocycles. The second-order valence-electron chi connectivity index (χ2n) is 6.47. The minimum absolute atomic E-state index is 0.0275. The maximum Gasteiger partial charge on any atom is 0.188 e. The predicted octanol–water partition coefficient (Wildman–Crippen LogP) is 3.15. The number of ketones is 1. The molecule has 0 bridgehead atoms. The van der Waals surface area contributed by atoms with Gasteiger partial charge in [-0.2, -0.15) is 0 Å². The van der Waals surface area contributed by atoms with Gasteiger partial charge in [-0.15, -0.1) is 0 Å². The first kappa shape index (κ1) is 19.3. The first-order valence-corrected chi connectivity index (χ1v) is 7.34. The van der Waals surface area contributed by atoms with Gasteiger partial charge in [0.25, 0.3) is 0 Å². The van der Waals surface area contributed by atoms with E-state index in [9.17, 15) is 9.90 Å². The van der Waals surface area contributed by atoms with Gasteiger partial charge in [0.1, 0.15) is 22.8 Å². The molecule has 0 aromatic heterocycles. The summed E-state index contributed by atoms with van der Waals surface area (Å²) in [6.45, 7) is 7.48. The van der Waals surface area contributed by atoms with Gasteiger partial charge in [0, 0.05) is 25.8 Å². The van der Waals surface area contributed by atoms with Crippen LogP contribution < -0.4 is 9.47 Å². The molecule has 0 fully saturated rings. The van der Waals surface area contributed by atoms with Gasteiger partial charge >= 0.3 is 0 Å². The Labute approximate surface area is 137 Å². The zero-order valence-electron chi connectivity index (χ0n) is 14.7. The Morgan fingerprint density at radius 2 is 1.61 bits per heavy atom. The Bertz CT molecular complexity index is 545. The minimum Gasteiger partial charge on any atom is -0.507 e. The number of ether oxygens (including phenoxy) is 4. The lowest BCUT2D eigenvalue weighted by molar-refractivity contribution is 0.0445. The van der Waals surface area contributed by atoms with Crippen LogP contribution in [0.3, 0.4) is 0 Å². The summed E-state index contributed by atoms with van der Waals surface area (Å²) in [6.07, 6.45) is 0.530. The van der Waals surface area contributed by atoms with Gasteiger partial charge in [-0.1, -0.05) is 20.8 Å². The molecule has 0 aliphatic heterocycles. The van der Waals surface area contributed by atoms with Crippen molar-refractivity contribution < 1.29 is 28.8 Å². The predicted molar refractivity (Wildman–Crippen MR) is 86.3 cm³/mol. The van der Waals surface area contributed by atoms with Crippen molar-refractivity contribution in [2.24, 2.45) is 5.41 Å². The highest BCUT2D eigenvalue weighted by molar-refractivity contribution is 6.00. The molecule has 0 saturated heterocycles. The largest absolute Gasteiger partial charge is 0.507 e. The minimum atomic E-state index is -0.290. The lowest BCUT2D eigenvalue weighted by Crippen LogP contribution is -2.14. The number of phenolic OH excluding ortho intramolecular Hbond substituents is 1. The first-order valence-electron chi connectivity index (χ1n) is 7.34. The highest BCUT2D eigenvalue weighted by Crippen LogP contribution is 2.42. The zero-order valence-corrected chi connectivity index (χ0v) is 14.7. The van der Waals surface area contributed by atoms with Crippen molar-refractivity contribution in [1.29, 1.82) is 0 Å². The van der Waals surface area contributed by atoms with E-state index < -0.39 is 0 Å². The highest BCUT2D eigenvalue weighted by atomic mass is 16.7. The summed E-state index contributed by atoms with van der Waals surface area (Å²) < 4.78 is 20.8. The molecule has 130 valence electrons. The van der Waals surface area contributed by atoms with E-state index in [0.717, 1.165) is 0 Å². The van der Waals surface area contributed by atoms with Crippen LogP contribution in [0.1, 0.15) is 43.6 Å². The number of aromatic hydroxyl groups is 1. The Morgan fingerprint density at radius 1 is 1.09 bits per heavy atom. The number of Topliss-reactive ketones (excluding diaryl/α,β-unsaturated/α-hetero) is 1. The van der Waals surface area contributed by atoms with Crippen LogP contribution in [0.5, 0.6) is 17.2 Å². The van der Waals surface area contributed by atoms with Gasteiger partial charge in [0.15, 0.2) is 19.4 Å². The first-order chi connectivity index (χ1) is 10.7. The standard InChI is InChI=1S/C17H26O6/c1-11(18)15-14(23-10-21-6)7-13(22-9-20-5)12(16(15)19)8-17(2,3)4/h7,19H,8-10H2,1-6H3. The average Bonchev–Trinajstić information content (AvgIpc) is 2.44. The van der Waals surface area contributed by atoms with Crippen LogP contribution in [0.25, 0.3) is 0 Å². The van der Waals surface area contributed by atoms with Gasteiger partial charge in [0.05, 0.1) is 0 Å². The average molecular weight is 326 g/mol. The SMILES string of the molecule is COCOc1cc(OCOC)c(C(C)=O)c(O)c1CC(C)(C)C. The molecular formula is C17H26O6. The number of carbonyl (C=O) groups excluding carboxylic acids is 1. The quantitative estimate of drug-likeness (QED) is 0.584. The zero-order chi connectivity index (χ0) is 17.6. The van der Waals surface area contributed by atoms with E-state index in [-0.39, 0.29) is 41.8 Å². The van der Waals surface area contributed by atoms with Crippen LogP contribution in [0, 0.1) is 5.41 Å². The fourth-order valence-corrected chi connectivity index (χ4v) is 2.19. The van der Waals surface area contributed by atoms with Crippen molar-refractivity contribution >= 4 is 5.78 Å². The smallest absolute Gasteiger partial charge is 0.188 e. The van der Waals surface area contributed by atoms with Crippen LogP contribution in [-0.2, 0) is 15.9 Å². The fourth-order valence-electron chi connectivity index (χ4n) is 2.19. The van der Waals surface area contributed by atoms with Gasteiger partial charge in [-0.05, 0) is 18.8 Å². The summed E-state index contributed by atoms with van der Waals surface area (Å²) in [5, 5.41) is 10.6. The van der Waals surface area contributed by atoms with E-state index in [1.54, 1.807) is 6.07 Å². The Balaban J connectivity index is 3.45. The summed E-state index contributed by atoms with van der Waals surface area (Å²) in [5.41, 5.74) is 0.585. The van der Waals surface area contributed by atoms with Crippen LogP contribution in [0.4, 0.5) is 0 Å². The molecule has 0 atom stereocenters. The van der Waals surface area contributed by atoms with Crippen molar-refractivity contribution in [3.63, 3.8) is 0 Å². The third-order valence-electron chi connectivity index (χ3n) is 3.05. The number of hydrogen-bond donors (Lipinski definition) is 1. The summed E-state index contributed by atoms with van der Waals surface area (Å²) in [7, 11) is 2.99. The topological polar surface area (TPSA) is 74.2 Å². The van der Waals surface area contributed by atoms with E-state index in [1.807, 2.05) is 20.8 Å². The molecule has 1 N–H and O–H groups in total. The molecule has 0 saturated carbocycles. The van der Waals surface area contributed by atoms with E-state index >= 15 is 0 Å². The van der Waals surface area contributed by atoms with Crippen LogP contribution >= 0.6 is 0 Å². The number of benzene rings is 1. The summed E-state index contributed by atoms with van der Waals surface area (Å²) in [4.78, 5) is 11.9. The van der Waals surface area contributed by atoms with E-state index in [4.69, 9.17) is 18.9 Å². The van der Waals surface area contributed by atoms with E-state index in [2.05, 4.69) is 0 Å². The molecule has 0 aliphatic rings. The Hall–Kier alpha value is -1.79. The number of methoxy groups -OCH3 is 2. The number of carbonyl (C=O) groups is 1. The Morgan fingerprint density at radius 3 is 2.04 bits per heavy atom. The second kappa shape index (κ2) is 8.17. The molecule has 6 nitrogen and oxygen atoms in total. The van der Waals surface area contributed by atoms with Crippen molar-refractivity contribution in [3.8, 4) is 17.2 Å². The molecule has 0 spiro atoms. The summed E-state index contributed by atoms with van der Waals surface area (Å²) >= 11 is 0. The Kier molecular flexibility index (Phi) is 6.84. The van der Waals surface area contributed by atoms with Gasteiger partial charge in [-0.25, -0.2) is 0 Å². The van der Waals surface area contributed by atoms with E-state index in [0.29, 0.717) is 17.7 Å². The fraction of sp³-hybridized carbons (Fsp3) is 0.588. The molecule has 1 rings (SSSR count). The lowest BCUT2D eigenvalue weighted by atomic mass is 9.86. The van der Waals surface area contributed by atoms with Crippen LogP contribution in [-0.4, -0.2) is 38.7 Å². The molecule has 0 aliphatic carbocycles. The normalized spacial score (nSPS) is 11.4. The third-order valence-corrected chi connectivity index (χ3v) is 3.05. The van der Waals surface area contributed by atoms with Gasteiger partial charge < -0.3 is 24.1 Å². The molecule has 1 aromatic rings. The number of hydrogen-bond acceptors (Lipinski definition) is 6. The summed E-state index contributed by atoms with van der Waals surface area (Å²) in [6, 6.07) is 1.59. The van der Waals surface area contributed by atoms with Crippen molar-refractivity contribution in [2.75, 3.05) is 27.8 Å². The monoisotopic (exact) mass is 326 g/mol. The third kappa shape index (κ3) is 5.41.